The first-order valence-electron chi connectivity index (χ1n) is 7.33. The molecular weight excluding hydrogens is 288 g/mol. The lowest BCUT2D eigenvalue weighted by Crippen LogP contribution is -2.40. The molecule has 5 nitrogen and oxygen atoms in total. The van der Waals surface area contributed by atoms with E-state index in [-0.39, 0.29) is 4.90 Å². The van der Waals surface area contributed by atoms with Gasteiger partial charge in [0.15, 0.2) is 0 Å². The van der Waals surface area contributed by atoms with Crippen molar-refractivity contribution in [2.45, 2.75) is 50.3 Å². The van der Waals surface area contributed by atoms with Crippen molar-refractivity contribution in [2.75, 3.05) is 6.61 Å². The minimum Gasteiger partial charge on any atom is -0.378 e. The molecule has 1 saturated heterocycles. The minimum absolute atomic E-state index is 0.150. The highest BCUT2D eigenvalue weighted by atomic mass is 32.2. The third-order valence-corrected chi connectivity index (χ3v) is 4.83. The highest BCUT2D eigenvalue weighted by Crippen LogP contribution is 2.20. The SMILES string of the molecule is CC(C)C1CC(NCc2ccc(S(N)(=O)=O)cc2)CCO1. The third kappa shape index (κ3) is 4.78. The molecule has 0 aliphatic carbocycles. The van der Waals surface area contributed by atoms with Crippen LogP contribution < -0.4 is 10.5 Å². The zero-order chi connectivity index (χ0) is 15.5. The molecule has 6 heteroatoms. The van der Waals surface area contributed by atoms with Gasteiger partial charge in [0.25, 0.3) is 0 Å². The Bertz CT molecular complexity index is 555. The van der Waals surface area contributed by atoms with Crippen LogP contribution in [0, 0.1) is 5.92 Å². The minimum atomic E-state index is -3.61. The van der Waals surface area contributed by atoms with Crippen LogP contribution in [0.5, 0.6) is 0 Å². The van der Waals surface area contributed by atoms with Gasteiger partial charge < -0.3 is 10.1 Å². The van der Waals surface area contributed by atoms with Gasteiger partial charge in [0.1, 0.15) is 0 Å². The summed E-state index contributed by atoms with van der Waals surface area (Å²) < 4.78 is 28.1. The van der Waals surface area contributed by atoms with Crippen LogP contribution >= 0.6 is 0 Å². The molecule has 1 heterocycles. The van der Waals surface area contributed by atoms with Crippen LogP contribution in [0.15, 0.2) is 29.2 Å². The number of hydrogen-bond donors (Lipinski definition) is 2. The molecule has 0 bridgehead atoms. The predicted octanol–water partition coefficient (Wildman–Crippen LogP) is 1.63. The van der Waals surface area contributed by atoms with E-state index in [4.69, 9.17) is 9.88 Å². The van der Waals surface area contributed by atoms with Gasteiger partial charge in [-0.05, 0) is 36.5 Å². The molecule has 0 spiro atoms. The Balaban J connectivity index is 1.88. The molecule has 118 valence electrons. The molecule has 0 aromatic heterocycles. The third-order valence-electron chi connectivity index (χ3n) is 3.91. The summed E-state index contributed by atoms with van der Waals surface area (Å²) in [6, 6.07) is 7.14. The van der Waals surface area contributed by atoms with E-state index < -0.39 is 10.0 Å². The Morgan fingerprint density at radius 2 is 2.00 bits per heavy atom. The topological polar surface area (TPSA) is 81.4 Å². The van der Waals surface area contributed by atoms with Crippen LogP contribution in [0.2, 0.25) is 0 Å². The van der Waals surface area contributed by atoms with Crippen LogP contribution in [0.4, 0.5) is 0 Å². The van der Waals surface area contributed by atoms with Gasteiger partial charge in [-0.25, -0.2) is 13.6 Å². The van der Waals surface area contributed by atoms with Gasteiger partial charge >= 0.3 is 0 Å². The van der Waals surface area contributed by atoms with Crippen molar-refractivity contribution in [1.82, 2.24) is 5.32 Å². The van der Waals surface area contributed by atoms with Crippen molar-refractivity contribution in [3.8, 4) is 0 Å². The maximum Gasteiger partial charge on any atom is 0.238 e. The highest BCUT2D eigenvalue weighted by Gasteiger charge is 2.24. The molecule has 0 radical (unpaired) electrons. The predicted molar refractivity (Wildman–Crippen MR) is 82.3 cm³/mol. The first kappa shape index (κ1) is 16.4. The maximum absolute atomic E-state index is 11.2. The van der Waals surface area contributed by atoms with Crippen molar-refractivity contribution in [1.29, 1.82) is 0 Å². The van der Waals surface area contributed by atoms with Crippen LogP contribution in [0.25, 0.3) is 0 Å². The van der Waals surface area contributed by atoms with Crippen LogP contribution in [0.3, 0.4) is 0 Å². The van der Waals surface area contributed by atoms with Crippen molar-refractivity contribution in [3.63, 3.8) is 0 Å². The van der Waals surface area contributed by atoms with E-state index in [0.29, 0.717) is 18.1 Å². The molecule has 21 heavy (non-hydrogen) atoms. The largest absolute Gasteiger partial charge is 0.378 e. The second-order valence-electron chi connectivity index (χ2n) is 5.94. The summed E-state index contributed by atoms with van der Waals surface area (Å²) in [5.41, 5.74) is 1.05. The van der Waals surface area contributed by atoms with Crippen LogP contribution in [0.1, 0.15) is 32.3 Å². The Kier molecular flexibility index (Phi) is 5.37. The van der Waals surface area contributed by atoms with Gasteiger partial charge in [-0.3, -0.25) is 0 Å². The summed E-state index contributed by atoms with van der Waals surface area (Å²) in [6.07, 6.45) is 2.35. The molecule has 2 unspecified atom stereocenters. The van der Waals surface area contributed by atoms with Gasteiger partial charge in [-0.2, -0.15) is 0 Å². The molecule has 1 aromatic rings. The average molecular weight is 312 g/mol. The summed E-state index contributed by atoms with van der Waals surface area (Å²) in [4.78, 5) is 0.150. The summed E-state index contributed by atoms with van der Waals surface area (Å²) >= 11 is 0. The van der Waals surface area contributed by atoms with Crippen LogP contribution in [-0.4, -0.2) is 27.2 Å². The van der Waals surface area contributed by atoms with Gasteiger partial charge in [0, 0.05) is 19.2 Å². The van der Waals surface area contributed by atoms with Crippen molar-refractivity contribution in [3.05, 3.63) is 29.8 Å². The number of primary sulfonamides is 1. The fourth-order valence-electron chi connectivity index (χ4n) is 2.54. The van der Waals surface area contributed by atoms with Crippen molar-refractivity contribution < 1.29 is 13.2 Å². The fourth-order valence-corrected chi connectivity index (χ4v) is 3.05. The van der Waals surface area contributed by atoms with Crippen molar-refractivity contribution in [2.24, 2.45) is 11.1 Å². The molecule has 1 aliphatic heterocycles. The Morgan fingerprint density at radius 3 is 2.57 bits per heavy atom. The molecule has 1 fully saturated rings. The molecule has 0 amide bonds. The van der Waals surface area contributed by atoms with Crippen LogP contribution in [-0.2, 0) is 21.3 Å². The number of benzene rings is 1. The standard InChI is InChI=1S/C15H24N2O3S/c1-11(2)15-9-13(7-8-20-15)17-10-12-3-5-14(6-4-12)21(16,18)19/h3-6,11,13,15,17H,7-10H2,1-2H3,(H2,16,18,19). The maximum atomic E-state index is 11.2. The molecule has 3 N–H and O–H groups in total. The van der Waals surface area contributed by atoms with E-state index in [1.807, 2.05) is 0 Å². The number of hydrogen-bond acceptors (Lipinski definition) is 4. The van der Waals surface area contributed by atoms with Gasteiger partial charge in [0.05, 0.1) is 11.0 Å². The number of nitrogens with two attached hydrogens (primary N) is 1. The summed E-state index contributed by atoms with van der Waals surface area (Å²) in [6.45, 7) is 5.88. The fraction of sp³-hybridized carbons (Fsp3) is 0.600. The summed E-state index contributed by atoms with van der Waals surface area (Å²) in [5, 5.41) is 8.60. The zero-order valence-corrected chi connectivity index (χ0v) is 13.4. The van der Waals surface area contributed by atoms with Crippen molar-refractivity contribution >= 4 is 10.0 Å². The number of rotatable bonds is 5. The quantitative estimate of drug-likeness (QED) is 0.866. The van der Waals surface area contributed by atoms with E-state index in [0.717, 1.165) is 31.6 Å². The smallest absolute Gasteiger partial charge is 0.238 e. The molecule has 1 aliphatic rings. The summed E-state index contributed by atoms with van der Waals surface area (Å²) in [5.74, 6) is 0.531. The number of nitrogens with one attached hydrogen (secondary N) is 1. The van der Waals surface area contributed by atoms with E-state index in [9.17, 15) is 8.42 Å². The van der Waals surface area contributed by atoms with Gasteiger partial charge in [0.2, 0.25) is 10.0 Å². The molecule has 2 atom stereocenters. The van der Waals surface area contributed by atoms with Gasteiger partial charge in [-0.1, -0.05) is 26.0 Å². The lowest BCUT2D eigenvalue weighted by molar-refractivity contribution is -0.0245. The number of ether oxygens (including phenoxy) is 1. The first-order chi connectivity index (χ1) is 9.86. The highest BCUT2D eigenvalue weighted by molar-refractivity contribution is 7.89. The van der Waals surface area contributed by atoms with E-state index >= 15 is 0 Å². The number of sulfonamides is 1. The van der Waals surface area contributed by atoms with E-state index in [2.05, 4.69) is 19.2 Å². The molecule has 2 rings (SSSR count). The Morgan fingerprint density at radius 1 is 1.33 bits per heavy atom. The van der Waals surface area contributed by atoms with E-state index in [1.165, 1.54) is 0 Å². The normalized spacial score (nSPS) is 23.4. The lowest BCUT2D eigenvalue weighted by atomic mass is 9.95. The second kappa shape index (κ2) is 6.87. The average Bonchev–Trinajstić information content (AvgIpc) is 2.45. The summed E-state index contributed by atoms with van der Waals surface area (Å²) in [7, 11) is -3.61. The Labute approximate surface area is 126 Å². The monoisotopic (exact) mass is 312 g/mol. The Hall–Kier alpha value is -0.950. The lowest BCUT2D eigenvalue weighted by Gasteiger charge is -2.32. The zero-order valence-electron chi connectivity index (χ0n) is 12.6. The first-order valence-corrected chi connectivity index (χ1v) is 8.87. The molecular formula is C15H24N2O3S. The second-order valence-corrected chi connectivity index (χ2v) is 7.51. The molecule has 0 saturated carbocycles. The van der Waals surface area contributed by atoms with Gasteiger partial charge in [-0.15, -0.1) is 0 Å². The molecule has 1 aromatic carbocycles. The van der Waals surface area contributed by atoms with E-state index in [1.54, 1.807) is 24.3 Å².